The molecule has 0 aliphatic rings. The minimum Gasteiger partial charge on any atom is -0.463 e. The van der Waals surface area contributed by atoms with Crippen molar-refractivity contribution in [2.24, 2.45) is 0 Å². The molecule has 0 aliphatic carbocycles. The zero-order valence-electron chi connectivity index (χ0n) is 14.0. The molecule has 0 spiro atoms. The number of carbonyl (C=O) groups excluding carboxylic acids is 1. The van der Waals surface area contributed by atoms with Gasteiger partial charge < -0.3 is 9.47 Å². The average Bonchev–Trinajstić information content (AvgIpc) is 2.99. The number of rotatable bonds is 6. The van der Waals surface area contributed by atoms with Gasteiger partial charge in [0.05, 0.1) is 12.2 Å². The highest BCUT2D eigenvalue weighted by Gasteiger charge is 2.13. The zero-order chi connectivity index (χ0) is 17.8. The van der Waals surface area contributed by atoms with Gasteiger partial charge in [0, 0.05) is 13.1 Å². The van der Waals surface area contributed by atoms with Gasteiger partial charge in [-0.25, -0.2) is 0 Å². The largest absolute Gasteiger partial charge is 0.463 e. The Morgan fingerprint density at radius 3 is 2.68 bits per heavy atom. The number of benzene rings is 1. The zero-order valence-corrected chi connectivity index (χ0v) is 14.0. The molecule has 0 fully saturated rings. The predicted octanol–water partition coefficient (Wildman–Crippen LogP) is 1.40. The second-order valence-corrected chi connectivity index (χ2v) is 5.43. The summed E-state index contributed by atoms with van der Waals surface area (Å²) in [6.07, 6.45) is 1.70. The predicted molar refractivity (Wildman–Crippen MR) is 90.0 cm³/mol. The normalized spacial score (nSPS) is 11.0. The molecule has 0 saturated heterocycles. The Balaban J connectivity index is 1.92. The monoisotopic (exact) mass is 342 g/mol. The van der Waals surface area contributed by atoms with Gasteiger partial charge >= 0.3 is 5.97 Å². The number of nitrogens with zero attached hydrogens (tertiary/aromatic N) is 4. The van der Waals surface area contributed by atoms with Crippen molar-refractivity contribution in [2.45, 2.75) is 20.6 Å². The molecule has 0 radical (unpaired) electrons. The number of aromatic nitrogens is 4. The molecule has 8 nitrogen and oxygen atoms in total. The molecule has 0 unspecified atom stereocenters. The van der Waals surface area contributed by atoms with E-state index in [1.165, 1.54) is 11.4 Å². The van der Waals surface area contributed by atoms with Crippen LogP contribution < -0.4 is 5.56 Å². The molecule has 25 heavy (non-hydrogen) atoms. The van der Waals surface area contributed by atoms with E-state index in [0.717, 1.165) is 5.56 Å². The third-order valence-electron chi connectivity index (χ3n) is 3.51. The van der Waals surface area contributed by atoms with Gasteiger partial charge in [0.15, 0.2) is 0 Å². The summed E-state index contributed by atoms with van der Waals surface area (Å²) in [5, 5.41) is 4.17. The van der Waals surface area contributed by atoms with Crippen LogP contribution in [0.25, 0.3) is 16.9 Å². The molecule has 0 saturated carbocycles. The molecule has 0 atom stereocenters. The summed E-state index contributed by atoms with van der Waals surface area (Å²) in [6, 6.07) is 9.34. The van der Waals surface area contributed by atoms with E-state index in [1.54, 1.807) is 17.7 Å². The highest BCUT2D eigenvalue weighted by molar-refractivity contribution is 5.65. The molecular formula is C17H18N4O4. The van der Waals surface area contributed by atoms with Gasteiger partial charge in [0.25, 0.3) is 5.56 Å². The number of fused-ring (bicyclic) bond motifs is 1. The van der Waals surface area contributed by atoms with E-state index in [2.05, 4.69) is 10.1 Å². The lowest BCUT2D eigenvalue weighted by molar-refractivity contribution is -0.142. The maximum atomic E-state index is 12.7. The van der Waals surface area contributed by atoms with Crippen LogP contribution in [-0.4, -0.2) is 38.3 Å². The van der Waals surface area contributed by atoms with Crippen molar-refractivity contribution < 1.29 is 14.3 Å². The van der Waals surface area contributed by atoms with Gasteiger partial charge in [-0.2, -0.15) is 9.50 Å². The lowest BCUT2D eigenvalue weighted by Gasteiger charge is -2.11. The lowest BCUT2D eigenvalue weighted by atomic mass is 10.1. The van der Waals surface area contributed by atoms with E-state index in [-0.39, 0.29) is 31.5 Å². The molecule has 1 aromatic carbocycles. The van der Waals surface area contributed by atoms with E-state index in [0.29, 0.717) is 17.2 Å². The van der Waals surface area contributed by atoms with E-state index in [1.807, 2.05) is 30.3 Å². The molecule has 3 rings (SSSR count). The number of aryl methyl sites for hydroxylation is 1. The van der Waals surface area contributed by atoms with Crippen LogP contribution in [0.4, 0.5) is 0 Å². The molecule has 0 amide bonds. The van der Waals surface area contributed by atoms with E-state index < -0.39 is 0 Å². The summed E-state index contributed by atoms with van der Waals surface area (Å²) in [5.41, 5.74) is 1.05. The van der Waals surface area contributed by atoms with Crippen molar-refractivity contribution in [1.82, 2.24) is 19.2 Å². The van der Waals surface area contributed by atoms with Crippen LogP contribution in [0.5, 0.6) is 0 Å². The van der Waals surface area contributed by atoms with Gasteiger partial charge in [0.1, 0.15) is 19.2 Å². The van der Waals surface area contributed by atoms with E-state index >= 15 is 0 Å². The van der Waals surface area contributed by atoms with Crippen LogP contribution in [0.3, 0.4) is 0 Å². The maximum absolute atomic E-state index is 12.7. The smallest absolute Gasteiger partial charge is 0.302 e. The topological polar surface area (TPSA) is 87.7 Å². The average molecular weight is 342 g/mol. The first-order valence-corrected chi connectivity index (χ1v) is 7.79. The van der Waals surface area contributed by atoms with E-state index in [9.17, 15) is 9.59 Å². The fourth-order valence-electron chi connectivity index (χ4n) is 2.43. The Bertz CT molecular complexity index is 946. The third-order valence-corrected chi connectivity index (χ3v) is 3.51. The van der Waals surface area contributed by atoms with Crippen LogP contribution in [0, 0.1) is 6.92 Å². The van der Waals surface area contributed by atoms with Crippen molar-refractivity contribution in [3.8, 4) is 11.1 Å². The second-order valence-electron chi connectivity index (χ2n) is 5.43. The van der Waals surface area contributed by atoms with Crippen molar-refractivity contribution in [1.29, 1.82) is 0 Å². The fraction of sp³-hybridized carbons (Fsp3) is 0.294. The van der Waals surface area contributed by atoms with Crippen LogP contribution in [0.1, 0.15) is 12.7 Å². The molecule has 8 heteroatoms. The summed E-state index contributed by atoms with van der Waals surface area (Å²) >= 11 is 0. The number of hydrogen-bond acceptors (Lipinski definition) is 6. The van der Waals surface area contributed by atoms with E-state index in [4.69, 9.17) is 9.47 Å². The molecule has 130 valence electrons. The standard InChI is InChI=1S/C17H18N4O4/c1-12-18-17-20(11-24-8-9-25-13(2)22)10-15(16(23)21(17)19-12)14-6-4-3-5-7-14/h3-7,10H,8-9,11H2,1-2H3. The molecule has 0 aliphatic heterocycles. The Labute approximate surface area is 143 Å². The van der Waals surface area contributed by atoms with Gasteiger partial charge in [-0.15, -0.1) is 5.10 Å². The van der Waals surface area contributed by atoms with Crippen LogP contribution in [-0.2, 0) is 21.0 Å². The van der Waals surface area contributed by atoms with Crippen molar-refractivity contribution in [2.75, 3.05) is 13.2 Å². The summed E-state index contributed by atoms with van der Waals surface area (Å²) in [6.45, 7) is 3.63. The third kappa shape index (κ3) is 3.74. The van der Waals surface area contributed by atoms with Crippen molar-refractivity contribution >= 4 is 11.7 Å². The van der Waals surface area contributed by atoms with Gasteiger partial charge in [0.2, 0.25) is 5.78 Å². The first-order chi connectivity index (χ1) is 12.1. The molecule has 0 N–H and O–H groups in total. The van der Waals surface area contributed by atoms with Crippen LogP contribution in [0.15, 0.2) is 41.3 Å². The molecule has 3 aromatic rings. The van der Waals surface area contributed by atoms with Gasteiger partial charge in [-0.05, 0) is 12.5 Å². The lowest BCUT2D eigenvalue weighted by Crippen LogP contribution is -2.22. The van der Waals surface area contributed by atoms with Gasteiger partial charge in [-0.1, -0.05) is 30.3 Å². The Morgan fingerprint density at radius 2 is 1.96 bits per heavy atom. The van der Waals surface area contributed by atoms with Crippen LogP contribution in [0.2, 0.25) is 0 Å². The first kappa shape index (κ1) is 16.8. The Morgan fingerprint density at radius 1 is 1.20 bits per heavy atom. The van der Waals surface area contributed by atoms with Crippen molar-refractivity contribution in [3.05, 3.63) is 52.7 Å². The summed E-state index contributed by atoms with van der Waals surface area (Å²) in [7, 11) is 0. The minimum absolute atomic E-state index is 0.156. The molecule has 2 aromatic heterocycles. The number of carbonyl (C=O) groups is 1. The quantitative estimate of drug-likeness (QED) is 0.497. The summed E-state index contributed by atoms with van der Waals surface area (Å²) in [4.78, 5) is 27.7. The molecular weight excluding hydrogens is 324 g/mol. The summed E-state index contributed by atoms with van der Waals surface area (Å²) < 4.78 is 13.3. The minimum atomic E-state index is -0.353. The highest BCUT2D eigenvalue weighted by atomic mass is 16.6. The fourth-order valence-corrected chi connectivity index (χ4v) is 2.43. The summed E-state index contributed by atoms with van der Waals surface area (Å²) in [5.74, 6) is 0.541. The Kier molecular flexibility index (Phi) is 4.90. The number of hydrogen-bond donors (Lipinski definition) is 0. The van der Waals surface area contributed by atoms with Crippen molar-refractivity contribution in [3.63, 3.8) is 0 Å². The number of esters is 1. The van der Waals surface area contributed by atoms with Crippen LogP contribution >= 0.6 is 0 Å². The number of ether oxygens (including phenoxy) is 2. The molecule has 2 heterocycles. The highest BCUT2D eigenvalue weighted by Crippen LogP contribution is 2.15. The molecule has 0 bridgehead atoms. The Hall–Kier alpha value is -3.00. The second kappa shape index (κ2) is 7.27. The van der Waals surface area contributed by atoms with Gasteiger partial charge in [-0.3, -0.25) is 14.2 Å². The maximum Gasteiger partial charge on any atom is 0.302 e. The first-order valence-electron chi connectivity index (χ1n) is 7.79. The SMILES string of the molecule is CC(=O)OCCOCn1cc(-c2ccccc2)c(=O)n2nc(C)nc12.